The van der Waals surface area contributed by atoms with Crippen molar-refractivity contribution in [1.82, 2.24) is 10.3 Å². The summed E-state index contributed by atoms with van der Waals surface area (Å²) in [5.74, 6) is -0.677. The van der Waals surface area contributed by atoms with Crippen molar-refractivity contribution in [1.29, 1.82) is 0 Å². The van der Waals surface area contributed by atoms with Gasteiger partial charge in [0, 0.05) is 6.04 Å². The first-order valence-corrected chi connectivity index (χ1v) is 8.18. The molecule has 1 heterocycles. The maximum atomic E-state index is 13.9. The molecule has 3 aromatic rings. The summed E-state index contributed by atoms with van der Waals surface area (Å²) in [4.78, 5) is 16.4. The lowest BCUT2D eigenvalue weighted by atomic mass is 10.1. The zero-order chi connectivity index (χ0) is 17.6. The van der Waals surface area contributed by atoms with Crippen molar-refractivity contribution in [3.63, 3.8) is 0 Å². The SMILES string of the molecule is C[C@H](CCc1ccccc1)NC(=O)c1ncoc1-c1ccccc1F. The van der Waals surface area contributed by atoms with E-state index in [4.69, 9.17) is 4.42 Å². The number of amides is 1. The van der Waals surface area contributed by atoms with E-state index in [2.05, 4.69) is 22.4 Å². The van der Waals surface area contributed by atoms with Crippen LogP contribution in [0.1, 0.15) is 29.4 Å². The molecule has 0 unspecified atom stereocenters. The largest absolute Gasteiger partial charge is 0.443 e. The Morgan fingerprint density at radius 2 is 1.88 bits per heavy atom. The van der Waals surface area contributed by atoms with Crippen LogP contribution in [-0.2, 0) is 6.42 Å². The maximum Gasteiger partial charge on any atom is 0.274 e. The molecule has 3 rings (SSSR count). The predicted molar refractivity (Wildman–Crippen MR) is 93.6 cm³/mol. The number of nitrogens with zero attached hydrogens (tertiary/aromatic N) is 1. The zero-order valence-electron chi connectivity index (χ0n) is 13.9. The first kappa shape index (κ1) is 16.9. The van der Waals surface area contributed by atoms with Gasteiger partial charge >= 0.3 is 0 Å². The van der Waals surface area contributed by atoms with Crippen molar-refractivity contribution in [2.24, 2.45) is 0 Å². The highest BCUT2D eigenvalue weighted by Gasteiger charge is 2.21. The molecule has 1 aromatic heterocycles. The van der Waals surface area contributed by atoms with Gasteiger partial charge in [0.05, 0.1) is 5.56 Å². The van der Waals surface area contributed by atoms with E-state index in [1.165, 1.54) is 11.6 Å². The molecule has 2 aromatic carbocycles. The number of aromatic nitrogens is 1. The van der Waals surface area contributed by atoms with Crippen LogP contribution in [0.2, 0.25) is 0 Å². The lowest BCUT2D eigenvalue weighted by Gasteiger charge is -2.13. The monoisotopic (exact) mass is 338 g/mol. The number of aryl methyl sites for hydroxylation is 1. The molecule has 0 saturated heterocycles. The minimum Gasteiger partial charge on any atom is -0.443 e. The fraction of sp³-hybridized carbons (Fsp3) is 0.200. The van der Waals surface area contributed by atoms with E-state index in [0.717, 1.165) is 19.2 Å². The van der Waals surface area contributed by atoms with Gasteiger partial charge in [-0.3, -0.25) is 4.79 Å². The number of halogens is 1. The molecule has 128 valence electrons. The number of rotatable bonds is 6. The second-order valence-electron chi connectivity index (χ2n) is 5.91. The fourth-order valence-electron chi connectivity index (χ4n) is 2.64. The molecule has 0 aliphatic rings. The molecule has 0 aliphatic carbocycles. The van der Waals surface area contributed by atoms with Crippen LogP contribution in [0.5, 0.6) is 0 Å². The van der Waals surface area contributed by atoms with E-state index in [-0.39, 0.29) is 29.0 Å². The van der Waals surface area contributed by atoms with Gasteiger partial charge in [0.2, 0.25) is 0 Å². The predicted octanol–water partition coefficient (Wildman–Crippen LogP) is 4.23. The molecule has 25 heavy (non-hydrogen) atoms. The topological polar surface area (TPSA) is 55.1 Å². The second kappa shape index (κ2) is 7.75. The van der Waals surface area contributed by atoms with Gasteiger partial charge in [0.15, 0.2) is 17.8 Å². The van der Waals surface area contributed by atoms with E-state index in [1.807, 2.05) is 25.1 Å². The summed E-state index contributed by atoms with van der Waals surface area (Å²) in [6.07, 6.45) is 2.81. The smallest absolute Gasteiger partial charge is 0.274 e. The molecule has 1 N–H and O–H groups in total. The molecular formula is C20H19FN2O2. The Kier molecular flexibility index (Phi) is 5.23. The highest BCUT2D eigenvalue weighted by molar-refractivity contribution is 5.97. The lowest BCUT2D eigenvalue weighted by Crippen LogP contribution is -2.33. The Labute approximate surface area is 145 Å². The van der Waals surface area contributed by atoms with Crippen LogP contribution < -0.4 is 5.32 Å². The molecule has 0 saturated carbocycles. The van der Waals surface area contributed by atoms with E-state index < -0.39 is 5.82 Å². The maximum absolute atomic E-state index is 13.9. The average Bonchev–Trinajstić information content (AvgIpc) is 3.11. The van der Waals surface area contributed by atoms with Crippen LogP contribution in [0.25, 0.3) is 11.3 Å². The van der Waals surface area contributed by atoms with Gasteiger partial charge in [0.1, 0.15) is 5.82 Å². The summed E-state index contributed by atoms with van der Waals surface area (Å²) in [5.41, 5.74) is 1.54. The fourth-order valence-corrected chi connectivity index (χ4v) is 2.64. The molecule has 0 spiro atoms. The quantitative estimate of drug-likeness (QED) is 0.732. The number of hydrogen-bond acceptors (Lipinski definition) is 3. The number of carbonyl (C=O) groups excluding carboxylic acids is 1. The Balaban J connectivity index is 1.66. The van der Waals surface area contributed by atoms with Crippen LogP contribution in [-0.4, -0.2) is 16.9 Å². The molecule has 0 radical (unpaired) electrons. The highest BCUT2D eigenvalue weighted by Crippen LogP contribution is 2.25. The van der Waals surface area contributed by atoms with Gasteiger partial charge in [-0.15, -0.1) is 0 Å². The highest BCUT2D eigenvalue weighted by atomic mass is 19.1. The van der Waals surface area contributed by atoms with Crippen molar-refractivity contribution in [3.8, 4) is 11.3 Å². The number of nitrogens with one attached hydrogen (secondary N) is 1. The minimum absolute atomic E-state index is 0.0436. The summed E-state index contributed by atoms with van der Waals surface area (Å²) < 4.78 is 19.2. The van der Waals surface area contributed by atoms with Crippen LogP contribution in [0.4, 0.5) is 4.39 Å². The second-order valence-corrected chi connectivity index (χ2v) is 5.91. The number of benzene rings is 2. The zero-order valence-corrected chi connectivity index (χ0v) is 13.9. The van der Waals surface area contributed by atoms with Crippen molar-refractivity contribution in [2.45, 2.75) is 25.8 Å². The Bertz CT molecular complexity index is 846. The standard InChI is InChI=1S/C20H19FN2O2/c1-14(11-12-15-7-3-2-4-8-15)23-20(24)18-19(25-13-22-18)16-9-5-6-10-17(16)21/h2-10,13-14H,11-12H2,1H3,(H,23,24)/t14-/m1/s1. The molecule has 0 aliphatic heterocycles. The third-order valence-corrected chi connectivity index (χ3v) is 3.99. The molecule has 0 fully saturated rings. The first-order valence-electron chi connectivity index (χ1n) is 8.18. The summed E-state index contributed by atoms with van der Waals surface area (Å²) >= 11 is 0. The van der Waals surface area contributed by atoms with E-state index >= 15 is 0 Å². The van der Waals surface area contributed by atoms with Gasteiger partial charge in [0.25, 0.3) is 5.91 Å². The Hall–Kier alpha value is -2.95. The summed E-state index contributed by atoms with van der Waals surface area (Å²) in [7, 11) is 0. The van der Waals surface area contributed by atoms with Gasteiger partial charge in [-0.2, -0.15) is 0 Å². The number of carbonyl (C=O) groups is 1. The number of hydrogen-bond donors (Lipinski definition) is 1. The third kappa shape index (κ3) is 4.12. The van der Waals surface area contributed by atoms with E-state index in [0.29, 0.717) is 0 Å². The molecule has 0 bridgehead atoms. The first-order chi connectivity index (χ1) is 12.1. The van der Waals surface area contributed by atoms with Gasteiger partial charge in [-0.25, -0.2) is 9.37 Å². The minimum atomic E-state index is -0.453. The summed E-state index contributed by atoms with van der Waals surface area (Å²) in [6.45, 7) is 1.93. The molecule has 1 amide bonds. The molecule has 4 nitrogen and oxygen atoms in total. The molecular weight excluding hydrogens is 319 g/mol. The van der Waals surface area contributed by atoms with Gasteiger partial charge < -0.3 is 9.73 Å². The van der Waals surface area contributed by atoms with E-state index in [9.17, 15) is 9.18 Å². The Morgan fingerprint density at radius 3 is 2.64 bits per heavy atom. The van der Waals surface area contributed by atoms with Gasteiger partial charge in [-0.1, -0.05) is 42.5 Å². The summed E-state index contributed by atoms with van der Waals surface area (Å²) in [5, 5.41) is 2.90. The van der Waals surface area contributed by atoms with Crippen molar-refractivity contribution in [3.05, 3.63) is 78.1 Å². The average molecular weight is 338 g/mol. The Morgan fingerprint density at radius 1 is 1.16 bits per heavy atom. The number of oxazole rings is 1. The van der Waals surface area contributed by atoms with Crippen LogP contribution >= 0.6 is 0 Å². The van der Waals surface area contributed by atoms with Crippen LogP contribution in [0.15, 0.2) is 65.4 Å². The van der Waals surface area contributed by atoms with Crippen LogP contribution in [0, 0.1) is 5.82 Å². The van der Waals surface area contributed by atoms with Crippen molar-refractivity contribution >= 4 is 5.91 Å². The normalized spacial score (nSPS) is 11.9. The molecule has 5 heteroatoms. The van der Waals surface area contributed by atoms with Gasteiger partial charge in [-0.05, 0) is 37.5 Å². The van der Waals surface area contributed by atoms with E-state index in [1.54, 1.807) is 18.2 Å². The molecule has 1 atom stereocenters. The van der Waals surface area contributed by atoms with Crippen molar-refractivity contribution in [2.75, 3.05) is 0 Å². The third-order valence-electron chi connectivity index (χ3n) is 3.99. The lowest BCUT2D eigenvalue weighted by molar-refractivity contribution is 0.0934. The van der Waals surface area contributed by atoms with Crippen molar-refractivity contribution < 1.29 is 13.6 Å². The summed E-state index contributed by atoms with van der Waals surface area (Å²) in [6, 6.07) is 16.2. The van der Waals surface area contributed by atoms with Crippen LogP contribution in [0.3, 0.4) is 0 Å².